The van der Waals surface area contributed by atoms with Crippen molar-refractivity contribution in [2.75, 3.05) is 13.2 Å². The maximum absolute atomic E-state index is 11.2. The van der Waals surface area contributed by atoms with Gasteiger partial charge in [0.05, 0.1) is 13.0 Å². The monoisotopic (exact) mass is 246 g/mol. The zero-order valence-corrected chi connectivity index (χ0v) is 10.4. The van der Waals surface area contributed by atoms with Crippen molar-refractivity contribution in [3.63, 3.8) is 0 Å². The largest absolute Gasteiger partial charge is 0.466 e. The predicted octanol–water partition coefficient (Wildman–Crippen LogP) is 0.825. The summed E-state index contributed by atoms with van der Waals surface area (Å²) in [5.41, 5.74) is 0. The first kappa shape index (κ1) is 15.4. The van der Waals surface area contributed by atoms with E-state index in [-0.39, 0.29) is 26.1 Å². The van der Waals surface area contributed by atoms with E-state index in [1.54, 1.807) is 13.8 Å². The van der Waals surface area contributed by atoms with Crippen molar-refractivity contribution >= 4 is 17.9 Å². The van der Waals surface area contributed by atoms with E-state index < -0.39 is 24.0 Å². The van der Waals surface area contributed by atoms with Crippen molar-refractivity contribution < 1.29 is 28.6 Å². The van der Waals surface area contributed by atoms with Crippen LogP contribution in [0.4, 0.5) is 0 Å². The average Bonchev–Trinajstić information content (AvgIpc) is 2.24. The number of carbonyl (C=O) groups excluding carboxylic acids is 3. The van der Waals surface area contributed by atoms with Crippen molar-refractivity contribution in [3.8, 4) is 0 Å². The number of hydrogen-bond acceptors (Lipinski definition) is 6. The summed E-state index contributed by atoms with van der Waals surface area (Å²) in [6.45, 7) is 4.66. The highest BCUT2D eigenvalue weighted by atomic mass is 16.6. The van der Waals surface area contributed by atoms with Crippen molar-refractivity contribution in [1.29, 1.82) is 0 Å². The summed E-state index contributed by atoms with van der Waals surface area (Å²) in [7, 11) is 0. The number of carbonyl (C=O) groups is 3. The molecular formula is C11H18O6. The van der Waals surface area contributed by atoms with Crippen molar-refractivity contribution in [3.05, 3.63) is 0 Å². The van der Waals surface area contributed by atoms with E-state index in [1.165, 1.54) is 6.92 Å². The van der Waals surface area contributed by atoms with Gasteiger partial charge in [0.1, 0.15) is 12.7 Å². The lowest BCUT2D eigenvalue weighted by Gasteiger charge is -2.16. The highest BCUT2D eigenvalue weighted by molar-refractivity contribution is 5.72. The van der Waals surface area contributed by atoms with Gasteiger partial charge in [-0.3, -0.25) is 14.4 Å². The predicted molar refractivity (Wildman–Crippen MR) is 58.1 cm³/mol. The highest BCUT2D eigenvalue weighted by Crippen LogP contribution is 2.03. The normalized spacial score (nSPS) is 11.5. The molecule has 0 aromatic heterocycles. The van der Waals surface area contributed by atoms with Crippen molar-refractivity contribution in [2.45, 2.75) is 39.7 Å². The minimum atomic E-state index is -0.790. The molecule has 0 N–H and O–H groups in total. The minimum Gasteiger partial charge on any atom is -0.466 e. The van der Waals surface area contributed by atoms with Crippen LogP contribution in [0.25, 0.3) is 0 Å². The van der Waals surface area contributed by atoms with Gasteiger partial charge in [-0.1, -0.05) is 6.92 Å². The Morgan fingerprint density at radius 3 is 2.18 bits per heavy atom. The Morgan fingerprint density at radius 1 is 1.06 bits per heavy atom. The molecule has 17 heavy (non-hydrogen) atoms. The molecular weight excluding hydrogens is 228 g/mol. The van der Waals surface area contributed by atoms with Gasteiger partial charge in [0.25, 0.3) is 0 Å². The Morgan fingerprint density at radius 2 is 1.71 bits per heavy atom. The number of hydrogen-bond donors (Lipinski definition) is 0. The molecule has 0 rings (SSSR count). The van der Waals surface area contributed by atoms with Gasteiger partial charge in [-0.15, -0.1) is 0 Å². The second-order valence-corrected chi connectivity index (χ2v) is 3.28. The second kappa shape index (κ2) is 8.55. The van der Waals surface area contributed by atoms with Crippen LogP contribution in [-0.4, -0.2) is 37.2 Å². The number of rotatable bonds is 7. The molecule has 0 aromatic carbocycles. The first-order valence-corrected chi connectivity index (χ1v) is 5.48. The number of ether oxygens (including phenoxy) is 3. The lowest BCUT2D eigenvalue weighted by atomic mass is 10.2. The van der Waals surface area contributed by atoms with Crippen LogP contribution in [0.1, 0.15) is 33.6 Å². The van der Waals surface area contributed by atoms with Gasteiger partial charge < -0.3 is 14.2 Å². The third kappa shape index (κ3) is 8.24. The minimum absolute atomic E-state index is 0.121. The van der Waals surface area contributed by atoms with E-state index in [0.717, 1.165) is 0 Å². The van der Waals surface area contributed by atoms with Crippen LogP contribution in [0, 0.1) is 0 Å². The molecule has 0 aliphatic carbocycles. The average molecular weight is 246 g/mol. The maximum Gasteiger partial charge on any atom is 0.309 e. The Kier molecular flexibility index (Phi) is 7.75. The van der Waals surface area contributed by atoms with E-state index in [4.69, 9.17) is 14.2 Å². The van der Waals surface area contributed by atoms with Gasteiger partial charge in [-0.05, 0) is 6.92 Å². The molecule has 0 amide bonds. The van der Waals surface area contributed by atoms with Crippen LogP contribution in [-0.2, 0) is 28.6 Å². The lowest BCUT2D eigenvalue weighted by molar-refractivity contribution is -0.162. The quantitative estimate of drug-likeness (QED) is 0.489. The fourth-order valence-corrected chi connectivity index (χ4v) is 1.06. The molecule has 0 saturated heterocycles. The van der Waals surface area contributed by atoms with Gasteiger partial charge in [0.2, 0.25) is 0 Å². The van der Waals surface area contributed by atoms with Gasteiger partial charge in [-0.25, -0.2) is 0 Å². The third-order valence-electron chi connectivity index (χ3n) is 1.75. The molecule has 0 fully saturated rings. The zero-order chi connectivity index (χ0) is 13.3. The summed E-state index contributed by atoms with van der Waals surface area (Å²) < 4.78 is 14.4. The van der Waals surface area contributed by atoms with Gasteiger partial charge >= 0.3 is 17.9 Å². The zero-order valence-electron chi connectivity index (χ0n) is 10.4. The molecule has 98 valence electrons. The van der Waals surface area contributed by atoms with Crippen LogP contribution in [0.3, 0.4) is 0 Å². The van der Waals surface area contributed by atoms with E-state index in [9.17, 15) is 14.4 Å². The SMILES string of the molecule is CCOC(=O)CC(COC(=O)CC)OC(C)=O. The Balaban J connectivity index is 4.17. The molecule has 6 heteroatoms. The summed E-state index contributed by atoms with van der Waals surface area (Å²) in [6, 6.07) is 0. The topological polar surface area (TPSA) is 78.9 Å². The molecule has 6 nitrogen and oxygen atoms in total. The number of esters is 3. The fourth-order valence-electron chi connectivity index (χ4n) is 1.06. The summed E-state index contributed by atoms with van der Waals surface area (Å²) in [4.78, 5) is 32.9. The fraction of sp³-hybridized carbons (Fsp3) is 0.727. The van der Waals surface area contributed by atoms with Gasteiger partial charge in [0.15, 0.2) is 0 Å². The molecule has 0 aromatic rings. The second-order valence-electron chi connectivity index (χ2n) is 3.28. The van der Waals surface area contributed by atoms with Crippen molar-refractivity contribution in [1.82, 2.24) is 0 Å². The smallest absolute Gasteiger partial charge is 0.309 e. The van der Waals surface area contributed by atoms with E-state index in [1.807, 2.05) is 0 Å². The molecule has 1 atom stereocenters. The summed E-state index contributed by atoms with van der Waals surface area (Å²) in [5, 5.41) is 0. The molecule has 0 aliphatic heterocycles. The first-order valence-electron chi connectivity index (χ1n) is 5.48. The van der Waals surface area contributed by atoms with Crippen LogP contribution >= 0.6 is 0 Å². The van der Waals surface area contributed by atoms with E-state index >= 15 is 0 Å². The Labute approximate surface area is 100 Å². The third-order valence-corrected chi connectivity index (χ3v) is 1.75. The molecule has 0 aliphatic rings. The lowest BCUT2D eigenvalue weighted by Crippen LogP contribution is -2.27. The van der Waals surface area contributed by atoms with Gasteiger partial charge in [-0.2, -0.15) is 0 Å². The summed E-state index contributed by atoms with van der Waals surface area (Å²) in [5.74, 6) is -1.44. The van der Waals surface area contributed by atoms with Crippen LogP contribution < -0.4 is 0 Å². The van der Waals surface area contributed by atoms with E-state index in [0.29, 0.717) is 0 Å². The van der Waals surface area contributed by atoms with Crippen LogP contribution in [0.15, 0.2) is 0 Å². The maximum atomic E-state index is 11.2. The van der Waals surface area contributed by atoms with Gasteiger partial charge in [0, 0.05) is 13.3 Å². The van der Waals surface area contributed by atoms with E-state index in [2.05, 4.69) is 0 Å². The Bertz CT molecular complexity index is 273. The standard InChI is InChI=1S/C11H18O6/c1-4-10(13)16-7-9(17-8(3)12)6-11(14)15-5-2/h9H,4-7H2,1-3H3. The van der Waals surface area contributed by atoms with Crippen LogP contribution in [0.2, 0.25) is 0 Å². The molecule has 0 saturated carbocycles. The Hall–Kier alpha value is -1.59. The molecule has 0 spiro atoms. The van der Waals surface area contributed by atoms with Crippen molar-refractivity contribution in [2.24, 2.45) is 0 Å². The highest BCUT2D eigenvalue weighted by Gasteiger charge is 2.19. The summed E-state index contributed by atoms with van der Waals surface area (Å²) in [6.07, 6.45) is -0.682. The molecule has 1 unspecified atom stereocenters. The summed E-state index contributed by atoms with van der Waals surface area (Å²) >= 11 is 0. The molecule has 0 bridgehead atoms. The molecule has 0 heterocycles. The molecule has 0 radical (unpaired) electrons. The first-order chi connectivity index (χ1) is 7.99. The van der Waals surface area contributed by atoms with Crippen LogP contribution in [0.5, 0.6) is 0 Å².